The standard InChI is InChI=1S/C31H26S/c1-23-9-6-12-26(19-23)27-13-7-15-30(20-27)32-18-8-14-29(22-32)31-21-28(17-16-24(31)2)25-10-4-3-5-11-25/h3-22H,1-2H3. The van der Waals surface area contributed by atoms with Crippen molar-refractivity contribution in [3.8, 4) is 22.3 Å². The first-order valence-corrected chi connectivity index (χ1v) is 12.3. The maximum absolute atomic E-state index is 2.42. The van der Waals surface area contributed by atoms with Crippen LogP contribution in [0.3, 0.4) is 0 Å². The van der Waals surface area contributed by atoms with Gasteiger partial charge in [0.1, 0.15) is 0 Å². The Labute approximate surface area is 193 Å². The smallest absolute Gasteiger partial charge is 0.00626 e. The van der Waals surface area contributed by atoms with Crippen molar-refractivity contribution in [3.63, 3.8) is 0 Å². The molecule has 0 aromatic heterocycles. The fourth-order valence-electron chi connectivity index (χ4n) is 4.13. The molecule has 4 aromatic rings. The van der Waals surface area contributed by atoms with Gasteiger partial charge in [-0.15, -0.1) is 10.5 Å². The third kappa shape index (κ3) is 4.30. The summed E-state index contributed by atoms with van der Waals surface area (Å²) >= 11 is 0. The summed E-state index contributed by atoms with van der Waals surface area (Å²) in [5.74, 6) is 0. The highest BCUT2D eigenvalue weighted by atomic mass is 32.2. The summed E-state index contributed by atoms with van der Waals surface area (Å²) in [5.41, 5.74) is 10.3. The van der Waals surface area contributed by atoms with E-state index in [1.165, 1.54) is 49.4 Å². The molecule has 0 saturated heterocycles. The Morgan fingerprint density at radius 2 is 1.31 bits per heavy atom. The molecule has 0 N–H and O–H groups in total. The van der Waals surface area contributed by atoms with Crippen LogP contribution < -0.4 is 0 Å². The van der Waals surface area contributed by atoms with Crippen molar-refractivity contribution in [1.82, 2.24) is 0 Å². The van der Waals surface area contributed by atoms with Crippen molar-refractivity contribution >= 4 is 21.4 Å². The molecular formula is C31H26S. The summed E-state index contributed by atoms with van der Waals surface area (Å²) in [6, 6.07) is 35.1. The van der Waals surface area contributed by atoms with Gasteiger partial charge in [-0.3, -0.25) is 0 Å². The summed E-state index contributed by atoms with van der Waals surface area (Å²) in [4.78, 5) is 1.35. The van der Waals surface area contributed by atoms with E-state index in [1.807, 2.05) is 0 Å². The van der Waals surface area contributed by atoms with Crippen LogP contribution in [0.5, 0.6) is 0 Å². The van der Waals surface area contributed by atoms with Crippen LogP contribution in [-0.2, 0) is 0 Å². The molecule has 1 unspecified atom stereocenters. The highest BCUT2D eigenvalue weighted by Gasteiger charge is 2.10. The molecule has 0 bridgehead atoms. The zero-order valence-electron chi connectivity index (χ0n) is 18.5. The topological polar surface area (TPSA) is 0 Å². The largest absolute Gasteiger partial charge is 0.130 e. The molecule has 0 fully saturated rings. The second kappa shape index (κ2) is 8.98. The monoisotopic (exact) mass is 430 g/mol. The van der Waals surface area contributed by atoms with Crippen molar-refractivity contribution in [3.05, 3.63) is 131 Å². The van der Waals surface area contributed by atoms with Gasteiger partial charge < -0.3 is 0 Å². The van der Waals surface area contributed by atoms with E-state index in [-0.39, 0.29) is 10.5 Å². The van der Waals surface area contributed by atoms with Crippen molar-refractivity contribution in [2.45, 2.75) is 18.7 Å². The average Bonchev–Trinajstić information content (AvgIpc) is 2.85. The Morgan fingerprint density at radius 3 is 2.12 bits per heavy atom. The fraction of sp³-hybridized carbons (Fsp3) is 0.0645. The molecule has 1 aliphatic rings. The zero-order chi connectivity index (χ0) is 21.9. The van der Waals surface area contributed by atoms with E-state index < -0.39 is 0 Å². The Hall–Kier alpha value is -3.42. The van der Waals surface area contributed by atoms with E-state index in [0.29, 0.717) is 0 Å². The van der Waals surface area contributed by atoms with E-state index in [4.69, 9.17) is 0 Å². The lowest BCUT2D eigenvalue weighted by Gasteiger charge is -2.15. The van der Waals surface area contributed by atoms with Crippen molar-refractivity contribution in [2.24, 2.45) is 0 Å². The van der Waals surface area contributed by atoms with Crippen LogP contribution in [0, 0.1) is 13.8 Å². The number of benzene rings is 4. The normalized spacial score (nSPS) is 15.2. The second-order valence-electron chi connectivity index (χ2n) is 8.23. The lowest BCUT2D eigenvalue weighted by molar-refractivity contribution is 1.42. The van der Waals surface area contributed by atoms with E-state index in [1.54, 1.807) is 0 Å². The first-order valence-electron chi connectivity index (χ1n) is 11.0. The van der Waals surface area contributed by atoms with Gasteiger partial charge in [0.15, 0.2) is 0 Å². The maximum atomic E-state index is 2.42. The molecule has 0 spiro atoms. The third-order valence-electron chi connectivity index (χ3n) is 5.87. The van der Waals surface area contributed by atoms with Crippen LogP contribution in [-0.4, -0.2) is 5.37 Å². The Kier molecular flexibility index (Phi) is 5.75. The highest BCUT2D eigenvalue weighted by Crippen LogP contribution is 2.38. The lowest BCUT2D eigenvalue weighted by Crippen LogP contribution is -1.92. The Morgan fingerprint density at radius 1 is 0.594 bits per heavy atom. The minimum Gasteiger partial charge on any atom is -0.130 e. The summed E-state index contributed by atoms with van der Waals surface area (Å²) in [6.45, 7) is 4.35. The van der Waals surface area contributed by atoms with Crippen LogP contribution >= 0.6 is 10.5 Å². The van der Waals surface area contributed by atoms with Crippen LogP contribution in [0.1, 0.15) is 16.7 Å². The SMILES string of the molecule is Cc1cccc(-c2cccc(S3=CC=CC(c4cc(-c5ccccc5)ccc4C)=C3)c2)c1. The van der Waals surface area contributed by atoms with E-state index >= 15 is 0 Å². The molecule has 0 saturated carbocycles. The first-order chi connectivity index (χ1) is 15.7. The van der Waals surface area contributed by atoms with Crippen LogP contribution in [0.15, 0.2) is 120 Å². The molecule has 1 heterocycles. The van der Waals surface area contributed by atoms with E-state index in [0.717, 1.165) is 0 Å². The Balaban J connectivity index is 1.52. The summed E-state index contributed by atoms with van der Waals surface area (Å²) in [6.07, 6.45) is 4.46. The third-order valence-corrected chi connectivity index (χ3v) is 7.62. The lowest BCUT2D eigenvalue weighted by atomic mass is 9.95. The molecule has 1 heteroatoms. The van der Waals surface area contributed by atoms with Gasteiger partial charge >= 0.3 is 0 Å². The number of aryl methyl sites for hydroxylation is 2. The van der Waals surface area contributed by atoms with Gasteiger partial charge in [0.25, 0.3) is 0 Å². The number of allylic oxidation sites excluding steroid dienone is 3. The van der Waals surface area contributed by atoms with Gasteiger partial charge in [-0.05, 0) is 81.8 Å². The molecule has 0 radical (unpaired) electrons. The summed E-state index contributed by atoms with van der Waals surface area (Å²) in [7, 11) is -0.0612. The molecule has 156 valence electrons. The average molecular weight is 431 g/mol. The molecule has 1 aliphatic heterocycles. The predicted octanol–water partition coefficient (Wildman–Crippen LogP) is 8.68. The zero-order valence-corrected chi connectivity index (χ0v) is 19.3. The first kappa shape index (κ1) is 20.5. The van der Waals surface area contributed by atoms with Gasteiger partial charge in [0.05, 0.1) is 0 Å². The number of hydrogen-bond acceptors (Lipinski definition) is 0. The molecule has 0 aliphatic carbocycles. The van der Waals surface area contributed by atoms with Gasteiger partial charge in [-0.25, -0.2) is 0 Å². The second-order valence-corrected chi connectivity index (χ2v) is 9.96. The maximum Gasteiger partial charge on any atom is 0.00626 e. The van der Waals surface area contributed by atoms with E-state index in [2.05, 4.69) is 134 Å². The van der Waals surface area contributed by atoms with E-state index in [9.17, 15) is 0 Å². The van der Waals surface area contributed by atoms with Crippen molar-refractivity contribution < 1.29 is 0 Å². The Bertz CT molecular complexity index is 1370. The summed E-state index contributed by atoms with van der Waals surface area (Å²) < 4.78 is 0. The highest BCUT2D eigenvalue weighted by molar-refractivity contribution is 8.18. The molecule has 1 atom stereocenters. The molecule has 32 heavy (non-hydrogen) atoms. The quantitative estimate of drug-likeness (QED) is 0.284. The minimum atomic E-state index is -0.0612. The van der Waals surface area contributed by atoms with Gasteiger partial charge in [0.2, 0.25) is 0 Å². The number of hydrogen-bond donors (Lipinski definition) is 0. The van der Waals surface area contributed by atoms with Crippen LogP contribution in [0.2, 0.25) is 0 Å². The minimum absolute atomic E-state index is 0.0612. The fourth-order valence-corrected chi connectivity index (χ4v) is 5.73. The molecular weight excluding hydrogens is 404 g/mol. The molecule has 0 amide bonds. The van der Waals surface area contributed by atoms with Crippen molar-refractivity contribution in [1.29, 1.82) is 0 Å². The molecule has 0 nitrogen and oxygen atoms in total. The van der Waals surface area contributed by atoms with Crippen molar-refractivity contribution in [2.75, 3.05) is 0 Å². The number of rotatable bonds is 4. The predicted molar refractivity (Wildman–Crippen MR) is 142 cm³/mol. The van der Waals surface area contributed by atoms with Gasteiger partial charge in [-0.2, -0.15) is 0 Å². The van der Waals surface area contributed by atoms with Crippen LogP contribution in [0.4, 0.5) is 0 Å². The molecule has 5 rings (SSSR count). The molecule has 4 aromatic carbocycles. The van der Waals surface area contributed by atoms with Gasteiger partial charge in [-0.1, -0.05) is 96.6 Å². The van der Waals surface area contributed by atoms with Gasteiger partial charge in [0, 0.05) is 4.90 Å². The summed E-state index contributed by atoms with van der Waals surface area (Å²) in [5, 5.41) is 4.74. The van der Waals surface area contributed by atoms with Crippen LogP contribution in [0.25, 0.3) is 27.8 Å².